The van der Waals surface area contributed by atoms with Crippen LogP contribution in [-0.2, 0) is 28.9 Å². The first-order valence-corrected chi connectivity index (χ1v) is 11.0. The molecule has 0 unspecified atom stereocenters. The van der Waals surface area contributed by atoms with E-state index >= 15 is 0 Å². The van der Waals surface area contributed by atoms with Gasteiger partial charge in [0.05, 0.1) is 6.04 Å². The zero-order valence-electron chi connectivity index (χ0n) is 20.4. The molecule has 32 heavy (non-hydrogen) atoms. The van der Waals surface area contributed by atoms with Crippen LogP contribution < -0.4 is 10.5 Å². The van der Waals surface area contributed by atoms with Gasteiger partial charge in [0.15, 0.2) is 27.1 Å². The minimum Gasteiger partial charge on any atom is -0.378 e. The van der Waals surface area contributed by atoms with Gasteiger partial charge in [0.1, 0.15) is 6.61 Å². The molecule has 1 aromatic carbocycles. The van der Waals surface area contributed by atoms with Gasteiger partial charge in [0, 0.05) is 31.2 Å². The van der Waals surface area contributed by atoms with E-state index in [4.69, 9.17) is 4.11 Å². The normalized spacial score (nSPS) is 18.5. The van der Waals surface area contributed by atoms with Crippen LogP contribution in [0.1, 0.15) is 34.8 Å². The molecule has 3 aromatic rings. The van der Waals surface area contributed by atoms with E-state index in [1.165, 1.54) is 0 Å². The van der Waals surface area contributed by atoms with Gasteiger partial charge in [-0.1, -0.05) is 41.7 Å². The van der Waals surface area contributed by atoms with Crippen molar-refractivity contribution in [1.82, 2.24) is 14.5 Å². The Balaban J connectivity index is 1.69. The van der Waals surface area contributed by atoms with Crippen molar-refractivity contribution in [2.24, 2.45) is 6.98 Å². The second-order valence-electron chi connectivity index (χ2n) is 7.67. The number of ether oxygens (including phenoxy) is 1. The monoisotopic (exact) mass is 465 g/mol. The van der Waals surface area contributed by atoms with Crippen molar-refractivity contribution in [1.29, 1.82) is 0 Å². The number of alkyl halides is 2. The highest BCUT2D eigenvalue weighted by Crippen LogP contribution is 2.34. The first kappa shape index (κ1) is 18.8. The fraction of sp³-hybridized carbons (Fsp3) is 0.455. The first-order chi connectivity index (χ1) is 16.5. The Hall–Kier alpha value is -2.72. The van der Waals surface area contributed by atoms with E-state index in [1.54, 1.807) is 4.90 Å². The third-order valence-electron chi connectivity index (χ3n) is 5.45. The molecule has 2 aromatic heterocycles. The molecule has 0 N–H and O–H groups in total. The number of thiazole rings is 1. The quantitative estimate of drug-likeness (QED) is 0.508. The van der Waals surface area contributed by atoms with Crippen molar-refractivity contribution in [3.8, 4) is 0 Å². The molecule has 1 fully saturated rings. The lowest BCUT2D eigenvalue weighted by atomic mass is 10.0. The van der Waals surface area contributed by atoms with Crippen molar-refractivity contribution < 1.29 is 22.4 Å². The highest BCUT2D eigenvalue weighted by Gasteiger charge is 2.38. The summed E-state index contributed by atoms with van der Waals surface area (Å²) in [6, 6.07) is 9.16. The van der Waals surface area contributed by atoms with E-state index in [2.05, 4.69) is 14.7 Å². The van der Waals surface area contributed by atoms with E-state index < -0.39 is 36.9 Å². The highest BCUT2D eigenvalue weighted by molar-refractivity contribution is 7.21. The Morgan fingerprint density at radius 3 is 2.84 bits per heavy atom. The molecule has 0 radical (unpaired) electrons. The summed E-state index contributed by atoms with van der Waals surface area (Å²) in [5, 5.41) is 0.282. The van der Waals surface area contributed by atoms with Gasteiger partial charge in [-0.25, -0.2) is 9.97 Å². The summed E-state index contributed by atoms with van der Waals surface area (Å²) in [6.07, 6.45) is 2.25. The maximum absolute atomic E-state index is 14.7. The lowest BCUT2D eigenvalue weighted by Gasteiger charge is -2.22. The van der Waals surface area contributed by atoms with Gasteiger partial charge in [-0.2, -0.15) is 8.78 Å². The number of ketones is 1. The minimum absolute atomic E-state index is 0.00430. The summed E-state index contributed by atoms with van der Waals surface area (Å²) in [7, 11) is 1.04. The fourth-order valence-electron chi connectivity index (χ4n) is 3.89. The Morgan fingerprint density at radius 2 is 2.12 bits per heavy atom. The maximum Gasteiger partial charge on any atom is 0.327 e. The second kappa shape index (κ2) is 9.03. The molecule has 4 rings (SSSR count). The Labute approximate surface area is 191 Å². The topological polar surface area (TPSA) is 77.3 Å². The fourth-order valence-corrected chi connectivity index (χ4v) is 4.90. The SMILES string of the molecule is [2H]C([2H])([2H])n1c(C(F)(F)COC)nc2sc(N3CCC[C@@H]3C(=O)CCc3ccccc3)nc2c1=O. The zero-order valence-corrected chi connectivity index (χ0v) is 18.2. The molecular weight excluding hydrogens is 438 g/mol. The molecule has 0 amide bonds. The van der Waals surface area contributed by atoms with Gasteiger partial charge < -0.3 is 9.64 Å². The van der Waals surface area contributed by atoms with Gasteiger partial charge in [-0.3, -0.25) is 14.2 Å². The predicted molar refractivity (Wildman–Crippen MR) is 119 cm³/mol. The number of anilines is 1. The molecule has 1 aliphatic heterocycles. The Kier molecular flexibility index (Phi) is 5.31. The Morgan fingerprint density at radius 1 is 1.34 bits per heavy atom. The van der Waals surface area contributed by atoms with E-state index in [0.29, 0.717) is 25.8 Å². The number of Topliss-reactive ketones (excluding diaryl/α,β-unsaturated/α-hetero) is 1. The van der Waals surface area contributed by atoms with Crippen LogP contribution in [0, 0.1) is 0 Å². The molecule has 170 valence electrons. The molecular formula is C22H24F2N4O3S. The predicted octanol–water partition coefficient (Wildman–Crippen LogP) is 3.30. The van der Waals surface area contributed by atoms with Crippen molar-refractivity contribution in [3.63, 3.8) is 0 Å². The number of carbonyl (C=O) groups is 1. The molecule has 10 heteroatoms. The van der Waals surface area contributed by atoms with Crippen LogP contribution in [0.5, 0.6) is 0 Å². The second-order valence-corrected chi connectivity index (χ2v) is 8.62. The number of aryl methyl sites for hydroxylation is 1. The number of benzene rings is 1. The van der Waals surface area contributed by atoms with E-state index in [-0.39, 0.29) is 25.8 Å². The smallest absolute Gasteiger partial charge is 0.327 e. The number of halogens is 2. The average Bonchev–Trinajstić information content (AvgIpc) is 3.44. The molecule has 0 saturated carbocycles. The number of hydrogen-bond acceptors (Lipinski definition) is 7. The van der Waals surface area contributed by atoms with Gasteiger partial charge >= 0.3 is 5.92 Å². The third kappa shape index (κ3) is 4.29. The summed E-state index contributed by atoms with van der Waals surface area (Å²) < 4.78 is 56.8. The molecule has 3 heterocycles. The third-order valence-corrected chi connectivity index (χ3v) is 6.44. The lowest BCUT2D eigenvalue weighted by molar-refractivity contribution is -0.120. The number of methoxy groups -OCH3 is 1. The Bertz CT molecular complexity index is 1280. The summed E-state index contributed by atoms with van der Waals surface area (Å²) >= 11 is 0.892. The standard InChI is InChI=1S/C22H24F2N4O3S/c1-27-19(30)17-18(26-20(27)22(23,24)13-31-2)32-21(25-17)28-12-6-9-15(28)16(29)11-10-14-7-4-3-5-8-14/h3-5,7-8,15H,6,9-13H2,1-2H3/t15-/m1/s1/i1D3. The van der Waals surface area contributed by atoms with E-state index in [1.807, 2.05) is 30.3 Å². The minimum atomic E-state index is -3.82. The van der Waals surface area contributed by atoms with Crippen LogP contribution in [0.15, 0.2) is 35.1 Å². The number of aromatic nitrogens is 3. The zero-order chi connectivity index (χ0) is 25.4. The van der Waals surface area contributed by atoms with Crippen molar-refractivity contribution in [3.05, 3.63) is 52.1 Å². The van der Waals surface area contributed by atoms with Gasteiger partial charge in [-0.05, 0) is 24.8 Å². The highest BCUT2D eigenvalue weighted by atomic mass is 32.1. The molecule has 1 saturated heterocycles. The molecule has 1 atom stereocenters. The first-order valence-electron chi connectivity index (χ1n) is 11.7. The number of hydrogen-bond donors (Lipinski definition) is 0. The number of nitrogens with zero attached hydrogens (tertiary/aromatic N) is 4. The van der Waals surface area contributed by atoms with Crippen LogP contribution in [0.4, 0.5) is 13.9 Å². The average molecular weight is 466 g/mol. The maximum atomic E-state index is 14.7. The summed E-state index contributed by atoms with van der Waals surface area (Å²) in [6.45, 7) is -3.84. The molecule has 0 spiro atoms. The molecule has 7 nitrogen and oxygen atoms in total. The van der Waals surface area contributed by atoms with Gasteiger partial charge in [0.2, 0.25) is 0 Å². The van der Waals surface area contributed by atoms with Crippen LogP contribution in [0.25, 0.3) is 10.3 Å². The van der Waals surface area contributed by atoms with Crippen molar-refractivity contribution in [2.45, 2.75) is 37.6 Å². The molecule has 0 aliphatic carbocycles. The largest absolute Gasteiger partial charge is 0.378 e. The van der Waals surface area contributed by atoms with Gasteiger partial charge in [0.25, 0.3) is 5.56 Å². The van der Waals surface area contributed by atoms with Crippen LogP contribution in [0.3, 0.4) is 0 Å². The number of fused-ring (bicyclic) bond motifs is 1. The van der Waals surface area contributed by atoms with Crippen LogP contribution in [-0.4, -0.2) is 46.6 Å². The number of rotatable bonds is 8. The summed E-state index contributed by atoms with van der Waals surface area (Å²) in [4.78, 5) is 35.7. The number of carbonyl (C=O) groups excluding carboxylic acids is 1. The van der Waals surface area contributed by atoms with E-state index in [9.17, 15) is 18.4 Å². The lowest BCUT2D eigenvalue weighted by Crippen LogP contribution is -2.36. The molecule has 0 bridgehead atoms. The van der Waals surface area contributed by atoms with Gasteiger partial charge in [-0.15, -0.1) is 0 Å². The summed E-state index contributed by atoms with van der Waals surface area (Å²) in [5.41, 5.74) is -0.459. The van der Waals surface area contributed by atoms with Crippen LogP contribution >= 0.6 is 11.3 Å². The van der Waals surface area contributed by atoms with Crippen molar-refractivity contribution >= 4 is 32.6 Å². The van der Waals surface area contributed by atoms with Crippen molar-refractivity contribution in [2.75, 3.05) is 25.2 Å². The van der Waals surface area contributed by atoms with E-state index in [0.717, 1.165) is 30.4 Å². The molecule has 1 aliphatic rings. The van der Waals surface area contributed by atoms with Crippen LogP contribution in [0.2, 0.25) is 0 Å². The summed E-state index contributed by atoms with van der Waals surface area (Å²) in [5.74, 6) is -5.00.